The van der Waals surface area contributed by atoms with Crippen LogP contribution in [0, 0.1) is 0 Å². The van der Waals surface area contributed by atoms with Crippen LogP contribution in [-0.4, -0.2) is 31.2 Å². The van der Waals surface area contributed by atoms with Gasteiger partial charge in [0, 0.05) is 12.8 Å². The summed E-state index contributed by atoms with van der Waals surface area (Å²) in [5.41, 5.74) is -0.909. The Kier molecular flexibility index (Phi) is 4.27. The molecule has 0 N–H and O–H groups in total. The quantitative estimate of drug-likeness (QED) is 0.550. The molecule has 0 bridgehead atoms. The molecule has 0 aromatic carbocycles. The van der Waals surface area contributed by atoms with Gasteiger partial charge in [-0.05, 0) is 6.92 Å². The number of allylic oxidation sites excluding steroid dienone is 1. The van der Waals surface area contributed by atoms with E-state index in [1.807, 2.05) is 0 Å². The Balaban J connectivity index is 2.54. The van der Waals surface area contributed by atoms with Crippen molar-refractivity contribution in [3.8, 4) is 0 Å². The van der Waals surface area contributed by atoms with Gasteiger partial charge >= 0.3 is 5.97 Å². The van der Waals surface area contributed by atoms with E-state index in [0.717, 1.165) is 5.76 Å². The molecule has 1 atom stereocenters. The fraction of sp³-hybridized carbons (Fsp3) is 0.700. The highest BCUT2D eigenvalue weighted by molar-refractivity contribution is 6.18. The van der Waals surface area contributed by atoms with Crippen molar-refractivity contribution < 1.29 is 19.0 Å². The van der Waals surface area contributed by atoms with E-state index in [9.17, 15) is 4.79 Å². The lowest BCUT2D eigenvalue weighted by Gasteiger charge is -2.30. The lowest BCUT2D eigenvalue weighted by atomic mass is 9.98. The van der Waals surface area contributed by atoms with Gasteiger partial charge in [0.05, 0.1) is 13.0 Å². The Morgan fingerprint density at radius 2 is 2.47 bits per heavy atom. The zero-order chi connectivity index (χ0) is 11.3. The lowest BCUT2D eigenvalue weighted by molar-refractivity contribution is -0.166. The first-order valence-electron chi connectivity index (χ1n) is 4.76. The molecule has 0 aromatic rings. The first kappa shape index (κ1) is 12.2. The molecular formula is C10H15ClO4. The van der Waals surface area contributed by atoms with Gasteiger partial charge in [-0.1, -0.05) is 0 Å². The van der Waals surface area contributed by atoms with Crippen molar-refractivity contribution in [1.82, 2.24) is 0 Å². The highest BCUT2D eigenvalue weighted by Crippen LogP contribution is 2.28. The van der Waals surface area contributed by atoms with Crippen molar-refractivity contribution in [2.75, 3.05) is 19.6 Å². The number of carbonyl (C=O) groups is 1. The third kappa shape index (κ3) is 3.02. The zero-order valence-corrected chi connectivity index (χ0v) is 9.67. The summed E-state index contributed by atoms with van der Waals surface area (Å²) in [6.07, 6.45) is 2.68. The fourth-order valence-corrected chi connectivity index (χ4v) is 1.34. The molecule has 5 heteroatoms. The van der Waals surface area contributed by atoms with E-state index >= 15 is 0 Å². The summed E-state index contributed by atoms with van der Waals surface area (Å²) >= 11 is 5.43. The fourth-order valence-electron chi connectivity index (χ4n) is 1.26. The molecule has 15 heavy (non-hydrogen) atoms. The molecule has 0 aromatic heterocycles. The van der Waals surface area contributed by atoms with E-state index in [4.69, 9.17) is 25.8 Å². The molecule has 0 amide bonds. The SMILES string of the molecule is COC1=COC(C)(C(=O)OCCCl)CC1. The molecule has 0 saturated heterocycles. The Hall–Kier alpha value is -0.900. The number of ether oxygens (including phenoxy) is 3. The van der Waals surface area contributed by atoms with Crippen LogP contribution in [0.25, 0.3) is 0 Å². The standard InChI is InChI=1S/C10H15ClO4/c1-10(9(12)14-6-5-11)4-3-8(13-2)7-15-10/h7H,3-6H2,1-2H3. The van der Waals surface area contributed by atoms with Gasteiger partial charge in [-0.25, -0.2) is 4.79 Å². The maximum Gasteiger partial charge on any atom is 0.350 e. The molecule has 0 radical (unpaired) electrons. The van der Waals surface area contributed by atoms with Gasteiger partial charge in [0.25, 0.3) is 0 Å². The average molecular weight is 235 g/mol. The lowest BCUT2D eigenvalue weighted by Crippen LogP contribution is -2.40. The van der Waals surface area contributed by atoms with Crippen molar-refractivity contribution in [1.29, 1.82) is 0 Å². The number of alkyl halides is 1. The van der Waals surface area contributed by atoms with Crippen LogP contribution in [-0.2, 0) is 19.0 Å². The second kappa shape index (κ2) is 5.26. The highest BCUT2D eigenvalue weighted by atomic mass is 35.5. The van der Waals surface area contributed by atoms with Crippen LogP contribution in [0.4, 0.5) is 0 Å². The van der Waals surface area contributed by atoms with Crippen LogP contribution in [0.2, 0.25) is 0 Å². The summed E-state index contributed by atoms with van der Waals surface area (Å²) in [4.78, 5) is 11.6. The van der Waals surface area contributed by atoms with Crippen molar-refractivity contribution in [2.45, 2.75) is 25.4 Å². The van der Waals surface area contributed by atoms with Crippen molar-refractivity contribution in [3.63, 3.8) is 0 Å². The molecular weight excluding hydrogens is 220 g/mol. The molecule has 0 fully saturated rings. The summed E-state index contributed by atoms with van der Waals surface area (Å²) in [7, 11) is 1.57. The summed E-state index contributed by atoms with van der Waals surface area (Å²) in [6, 6.07) is 0. The minimum atomic E-state index is -0.909. The molecule has 1 unspecified atom stereocenters. The van der Waals surface area contributed by atoms with E-state index in [1.165, 1.54) is 6.26 Å². The maximum absolute atomic E-state index is 11.6. The number of methoxy groups -OCH3 is 1. The van der Waals surface area contributed by atoms with Crippen molar-refractivity contribution >= 4 is 17.6 Å². The van der Waals surface area contributed by atoms with Gasteiger partial charge in [-0.3, -0.25) is 0 Å². The minimum Gasteiger partial charge on any atom is -0.498 e. The topological polar surface area (TPSA) is 44.8 Å². The van der Waals surface area contributed by atoms with Gasteiger partial charge in [0.2, 0.25) is 5.60 Å². The van der Waals surface area contributed by atoms with Crippen LogP contribution in [0.3, 0.4) is 0 Å². The maximum atomic E-state index is 11.6. The smallest absolute Gasteiger partial charge is 0.350 e. The van der Waals surface area contributed by atoms with Crippen molar-refractivity contribution in [2.24, 2.45) is 0 Å². The average Bonchev–Trinajstić information content (AvgIpc) is 2.27. The largest absolute Gasteiger partial charge is 0.498 e. The van der Waals surface area contributed by atoms with E-state index in [1.54, 1.807) is 14.0 Å². The van der Waals surface area contributed by atoms with Gasteiger partial charge < -0.3 is 14.2 Å². The molecule has 4 nitrogen and oxygen atoms in total. The normalized spacial score (nSPS) is 25.1. The van der Waals surface area contributed by atoms with Crippen LogP contribution in [0.5, 0.6) is 0 Å². The summed E-state index contributed by atoms with van der Waals surface area (Å²) in [6.45, 7) is 1.91. The van der Waals surface area contributed by atoms with E-state index in [2.05, 4.69) is 0 Å². The third-order valence-corrected chi connectivity index (χ3v) is 2.46. The first-order valence-corrected chi connectivity index (χ1v) is 5.30. The number of carbonyl (C=O) groups excluding carboxylic acids is 1. The van der Waals surface area contributed by atoms with Crippen LogP contribution in [0.15, 0.2) is 12.0 Å². The molecule has 0 aliphatic carbocycles. The number of hydrogen-bond donors (Lipinski definition) is 0. The Labute approximate surface area is 94.1 Å². The first-order chi connectivity index (χ1) is 7.12. The molecule has 1 rings (SSSR count). The highest BCUT2D eigenvalue weighted by Gasteiger charge is 2.38. The molecule has 1 heterocycles. The predicted molar refractivity (Wildman–Crippen MR) is 55.5 cm³/mol. The number of hydrogen-bond acceptors (Lipinski definition) is 4. The Morgan fingerprint density at radius 1 is 1.73 bits per heavy atom. The van der Waals surface area contributed by atoms with Gasteiger partial charge in [-0.15, -0.1) is 11.6 Å². The second-order valence-electron chi connectivity index (χ2n) is 3.46. The van der Waals surface area contributed by atoms with E-state index < -0.39 is 5.60 Å². The van der Waals surface area contributed by atoms with E-state index in [0.29, 0.717) is 18.7 Å². The number of rotatable bonds is 4. The summed E-state index contributed by atoms with van der Waals surface area (Å²) in [5.74, 6) is 0.647. The van der Waals surface area contributed by atoms with Crippen LogP contribution >= 0.6 is 11.6 Å². The monoisotopic (exact) mass is 234 g/mol. The number of halogens is 1. The molecule has 86 valence electrons. The minimum absolute atomic E-state index is 0.209. The van der Waals surface area contributed by atoms with Crippen LogP contribution in [0.1, 0.15) is 19.8 Å². The van der Waals surface area contributed by atoms with Gasteiger partial charge in [-0.2, -0.15) is 0 Å². The summed E-state index contributed by atoms with van der Waals surface area (Å²) < 4.78 is 15.3. The van der Waals surface area contributed by atoms with Gasteiger partial charge in [0.1, 0.15) is 18.6 Å². The number of esters is 1. The van der Waals surface area contributed by atoms with Gasteiger partial charge in [0.15, 0.2) is 0 Å². The zero-order valence-electron chi connectivity index (χ0n) is 8.92. The molecule has 0 saturated carbocycles. The third-order valence-electron chi connectivity index (χ3n) is 2.30. The predicted octanol–water partition coefficient (Wildman–Crippen LogP) is 1.83. The van der Waals surface area contributed by atoms with Crippen LogP contribution < -0.4 is 0 Å². The second-order valence-corrected chi connectivity index (χ2v) is 3.84. The molecule has 1 aliphatic heterocycles. The van der Waals surface area contributed by atoms with Crippen molar-refractivity contribution in [3.05, 3.63) is 12.0 Å². The molecule has 0 spiro atoms. The Morgan fingerprint density at radius 3 is 2.93 bits per heavy atom. The van der Waals surface area contributed by atoms with E-state index in [-0.39, 0.29) is 12.6 Å². The summed E-state index contributed by atoms with van der Waals surface area (Å²) in [5, 5.41) is 0. The Bertz CT molecular complexity index is 264. The molecule has 1 aliphatic rings.